The van der Waals surface area contributed by atoms with E-state index in [1.807, 2.05) is 13.0 Å². The van der Waals surface area contributed by atoms with E-state index in [-0.39, 0.29) is 12.2 Å². The summed E-state index contributed by atoms with van der Waals surface area (Å²) in [7, 11) is 1.60. The van der Waals surface area contributed by atoms with Crippen molar-refractivity contribution in [2.75, 3.05) is 11.9 Å². The molecule has 124 valence electrons. The van der Waals surface area contributed by atoms with Gasteiger partial charge >= 0.3 is 0 Å². The number of halogens is 2. The molecule has 0 bridgehead atoms. The highest BCUT2D eigenvalue weighted by atomic mass is 79.9. The lowest BCUT2D eigenvalue weighted by atomic mass is 9.87. The van der Waals surface area contributed by atoms with E-state index in [1.165, 1.54) is 4.90 Å². The van der Waals surface area contributed by atoms with Crippen molar-refractivity contribution in [2.24, 2.45) is 0 Å². The molecule has 0 radical (unpaired) electrons. The summed E-state index contributed by atoms with van der Waals surface area (Å²) in [6.45, 7) is 1.86. The normalized spacial score (nSPS) is 19.5. The van der Waals surface area contributed by atoms with E-state index in [0.717, 1.165) is 10.0 Å². The zero-order chi connectivity index (χ0) is 17.6. The third-order valence-corrected chi connectivity index (χ3v) is 5.00. The predicted molar refractivity (Wildman–Crippen MR) is 96.6 cm³/mol. The molecule has 2 aromatic carbocycles. The number of nitrogens with zero attached hydrogens (tertiary/aromatic N) is 1. The van der Waals surface area contributed by atoms with Gasteiger partial charge in [0.25, 0.3) is 5.91 Å². The predicted octanol–water partition coefficient (Wildman–Crippen LogP) is 3.85. The summed E-state index contributed by atoms with van der Waals surface area (Å²) in [5.41, 5.74) is 0.488. The van der Waals surface area contributed by atoms with Gasteiger partial charge in [0.15, 0.2) is 11.4 Å². The molecule has 1 aliphatic rings. The monoisotopic (exact) mass is 407 g/mol. The second-order valence-corrected chi connectivity index (χ2v) is 7.30. The maximum absolute atomic E-state index is 12.7. The lowest BCUT2D eigenvalue weighted by Gasteiger charge is -2.21. The van der Waals surface area contributed by atoms with Gasteiger partial charge in [-0.1, -0.05) is 27.5 Å². The summed E-state index contributed by atoms with van der Waals surface area (Å²) in [4.78, 5) is 26.6. The van der Waals surface area contributed by atoms with E-state index in [2.05, 4.69) is 15.9 Å². The molecule has 0 saturated carbocycles. The van der Waals surface area contributed by atoms with Crippen LogP contribution in [0.5, 0.6) is 0 Å². The number of ketones is 1. The van der Waals surface area contributed by atoms with E-state index in [1.54, 1.807) is 37.4 Å². The van der Waals surface area contributed by atoms with Gasteiger partial charge in [0, 0.05) is 27.7 Å². The van der Waals surface area contributed by atoms with Crippen LogP contribution in [0.25, 0.3) is 0 Å². The smallest absolute Gasteiger partial charge is 0.263 e. The Kier molecular flexibility index (Phi) is 4.28. The molecule has 0 aliphatic carbocycles. The number of benzene rings is 2. The molecule has 3 rings (SSSR count). The minimum absolute atomic E-state index is 0.318. The second kappa shape index (κ2) is 5.99. The molecule has 1 heterocycles. The summed E-state index contributed by atoms with van der Waals surface area (Å²) < 4.78 is 0.749. The van der Waals surface area contributed by atoms with Crippen molar-refractivity contribution in [3.05, 3.63) is 62.6 Å². The molecule has 0 fully saturated rings. The SMILES string of the molecule is Cc1cc(Br)cc2c1N(C)C(=O)[C@]2(O)CC(=O)c1ccc(Cl)cc1. The molecular formula is C18H15BrClNO3. The first kappa shape index (κ1) is 17.1. The molecular weight excluding hydrogens is 394 g/mol. The Labute approximate surface area is 153 Å². The van der Waals surface area contributed by atoms with Crippen LogP contribution in [0, 0.1) is 6.92 Å². The third-order valence-electron chi connectivity index (χ3n) is 4.29. The van der Waals surface area contributed by atoms with E-state index in [4.69, 9.17) is 11.6 Å². The molecule has 1 aliphatic heterocycles. The number of Topliss-reactive ketones (excluding diaryl/α,β-unsaturated/α-hetero) is 1. The molecule has 6 heteroatoms. The van der Waals surface area contributed by atoms with Crippen molar-refractivity contribution >= 4 is 44.9 Å². The van der Waals surface area contributed by atoms with Crippen LogP contribution >= 0.6 is 27.5 Å². The van der Waals surface area contributed by atoms with Gasteiger partial charge < -0.3 is 10.0 Å². The highest BCUT2D eigenvalue weighted by Crippen LogP contribution is 2.45. The van der Waals surface area contributed by atoms with Gasteiger partial charge in [-0.15, -0.1) is 0 Å². The second-order valence-electron chi connectivity index (χ2n) is 5.95. The maximum atomic E-state index is 12.7. The molecule has 2 aromatic rings. The van der Waals surface area contributed by atoms with Gasteiger partial charge in [0.05, 0.1) is 12.1 Å². The number of rotatable bonds is 3. The van der Waals surface area contributed by atoms with Gasteiger partial charge in [-0.2, -0.15) is 0 Å². The van der Waals surface area contributed by atoms with Crippen molar-refractivity contribution in [1.29, 1.82) is 0 Å². The molecule has 1 amide bonds. The van der Waals surface area contributed by atoms with Gasteiger partial charge in [-0.05, 0) is 48.9 Å². The van der Waals surface area contributed by atoms with E-state index >= 15 is 0 Å². The van der Waals surface area contributed by atoms with Gasteiger partial charge in [0.2, 0.25) is 0 Å². The fraction of sp³-hybridized carbons (Fsp3) is 0.222. The van der Waals surface area contributed by atoms with Gasteiger partial charge in [-0.25, -0.2) is 0 Å². The maximum Gasteiger partial charge on any atom is 0.263 e. The number of carbonyl (C=O) groups excluding carboxylic acids is 2. The molecule has 4 nitrogen and oxygen atoms in total. The third kappa shape index (κ3) is 2.66. The van der Waals surface area contributed by atoms with Crippen LogP contribution in [0.2, 0.25) is 5.02 Å². The zero-order valence-corrected chi connectivity index (χ0v) is 15.5. The summed E-state index contributed by atoms with van der Waals surface area (Å²) in [6.07, 6.45) is -0.319. The van der Waals surface area contributed by atoms with E-state index in [0.29, 0.717) is 21.8 Å². The summed E-state index contributed by atoms with van der Waals surface area (Å²) in [6, 6.07) is 9.95. The Morgan fingerprint density at radius 2 is 1.92 bits per heavy atom. The molecule has 0 spiro atoms. The number of carbonyl (C=O) groups is 2. The summed E-state index contributed by atoms with van der Waals surface area (Å²) >= 11 is 9.22. The average Bonchev–Trinajstić information content (AvgIpc) is 2.70. The topological polar surface area (TPSA) is 57.6 Å². The molecule has 1 N–H and O–H groups in total. The summed E-state index contributed by atoms with van der Waals surface area (Å²) in [5, 5.41) is 11.6. The van der Waals surface area contributed by atoms with Crippen LogP contribution in [0.3, 0.4) is 0 Å². The lowest BCUT2D eigenvalue weighted by Crippen LogP contribution is -2.40. The Morgan fingerprint density at radius 3 is 2.54 bits per heavy atom. The van der Waals surface area contributed by atoms with Gasteiger partial charge in [0.1, 0.15) is 0 Å². The number of likely N-dealkylation sites (N-methyl/N-ethyl adjacent to an activating group) is 1. The number of anilines is 1. The highest BCUT2D eigenvalue weighted by molar-refractivity contribution is 9.10. The quantitative estimate of drug-likeness (QED) is 0.785. The minimum atomic E-state index is -1.87. The van der Waals surface area contributed by atoms with Crippen molar-refractivity contribution in [2.45, 2.75) is 18.9 Å². The molecule has 1 atom stereocenters. The molecule has 0 unspecified atom stereocenters. The van der Waals surface area contributed by atoms with Crippen LogP contribution in [-0.4, -0.2) is 23.8 Å². The van der Waals surface area contributed by atoms with Crippen LogP contribution in [0.1, 0.15) is 27.9 Å². The number of hydrogen-bond acceptors (Lipinski definition) is 3. The highest BCUT2D eigenvalue weighted by Gasteiger charge is 2.50. The molecule has 0 saturated heterocycles. The fourth-order valence-corrected chi connectivity index (χ4v) is 3.83. The van der Waals surface area contributed by atoms with E-state index in [9.17, 15) is 14.7 Å². The number of aryl methyl sites for hydroxylation is 1. The molecule has 0 aromatic heterocycles. The Balaban J connectivity index is 2.03. The van der Waals surface area contributed by atoms with Crippen LogP contribution < -0.4 is 4.90 Å². The first-order valence-electron chi connectivity index (χ1n) is 7.34. The Bertz CT molecular complexity index is 850. The summed E-state index contributed by atoms with van der Waals surface area (Å²) in [5.74, 6) is -0.817. The minimum Gasteiger partial charge on any atom is -0.375 e. The van der Waals surface area contributed by atoms with Gasteiger partial charge in [-0.3, -0.25) is 9.59 Å². The van der Waals surface area contributed by atoms with Crippen LogP contribution in [0.4, 0.5) is 5.69 Å². The van der Waals surface area contributed by atoms with Crippen molar-refractivity contribution in [3.8, 4) is 0 Å². The number of hydrogen-bond donors (Lipinski definition) is 1. The molecule has 24 heavy (non-hydrogen) atoms. The van der Waals surface area contributed by atoms with Crippen LogP contribution in [-0.2, 0) is 10.4 Å². The van der Waals surface area contributed by atoms with Crippen molar-refractivity contribution in [3.63, 3.8) is 0 Å². The van der Waals surface area contributed by atoms with E-state index < -0.39 is 11.5 Å². The lowest BCUT2D eigenvalue weighted by molar-refractivity contribution is -0.135. The first-order chi connectivity index (χ1) is 11.2. The number of aliphatic hydroxyl groups is 1. The van der Waals surface area contributed by atoms with Crippen molar-refractivity contribution in [1.82, 2.24) is 0 Å². The number of fused-ring (bicyclic) bond motifs is 1. The zero-order valence-electron chi connectivity index (χ0n) is 13.1. The standard InChI is InChI=1S/C18H15BrClNO3/c1-10-7-12(19)8-14-16(10)21(2)17(23)18(14,24)9-15(22)11-3-5-13(20)6-4-11/h3-8,24H,9H2,1-2H3/t18-/m0/s1. The Hall–Kier alpha value is -1.69. The van der Waals surface area contributed by atoms with Crippen molar-refractivity contribution < 1.29 is 14.7 Å². The first-order valence-corrected chi connectivity index (χ1v) is 8.51. The average molecular weight is 409 g/mol. The Morgan fingerprint density at radius 1 is 1.29 bits per heavy atom. The fourth-order valence-electron chi connectivity index (χ4n) is 3.13. The van der Waals surface area contributed by atoms with Crippen LogP contribution in [0.15, 0.2) is 40.9 Å². The number of amides is 1. The largest absolute Gasteiger partial charge is 0.375 e.